The van der Waals surface area contributed by atoms with E-state index >= 15 is 0 Å². The van der Waals surface area contributed by atoms with Gasteiger partial charge in [0.25, 0.3) is 0 Å². The molecule has 2 aromatic carbocycles. The Bertz CT molecular complexity index is 538. The average Bonchev–Trinajstić information content (AvgIpc) is 2.42. The van der Waals surface area contributed by atoms with Gasteiger partial charge >= 0.3 is 5.97 Å². The van der Waals surface area contributed by atoms with Crippen LogP contribution in [0.15, 0.2) is 48.5 Å². The Labute approximate surface area is 121 Å². The summed E-state index contributed by atoms with van der Waals surface area (Å²) in [4.78, 5) is 10.5. The zero-order valence-electron chi connectivity index (χ0n) is 12.6. The van der Waals surface area contributed by atoms with Crippen LogP contribution in [0.2, 0.25) is 0 Å². The third-order valence-corrected chi connectivity index (χ3v) is 3.12. The molecule has 0 radical (unpaired) electrons. The van der Waals surface area contributed by atoms with Gasteiger partial charge in [-0.05, 0) is 43.0 Å². The molecule has 106 valence electrons. The van der Waals surface area contributed by atoms with Gasteiger partial charge in [0.05, 0.1) is 0 Å². The SMILES string of the molecule is CC(=O)OCc1ccccc1C.Cc1ccccc1C. The van der Waals surface area contributed by atoms with Crippen LogP contribution >= 0.6 is 0 Å². The molecule has 0 saturated carbocycles. The standard InChI is InChI=1S/C10H12O2.C8H10/c1-8-5-3-4-6-10(8)7-12-9(2)11;1-7-5-3-4-6-8(7)2/h3-6H,7H2,1-2H3;3-6H,1-2H3. The molecule has 0 amide bonds. The molecular formula is C18H22O2. The predicted octanol–water partition coefficient (Wildman–Crippen LogP) is 4.36. The molecule has 0 aliphatic carbocycles. The smallest absolute Gasteiger partial charge is 0.302 e. The monoisotopic (exact) mass is 270 g/mol. The maximum Gasteiger partial charge on any atom is 0.302 e. The molecule has 0 fully saturated rings. The number of hydrogen-bond donors (Lipinski definition) is 0. The van der Waals surface area contributed by atoms with Crippen LogP contribution in [0.4, 0.5) is 0 Å². The molecule has 2 aromatic rings. The maximum absolute atomic E-state index is 10.5. The zero-order chi connectivity index (χ0) is 15.0. The average molecular weight is 270 g/mol. The summed E-state index contributed by atoms with van der Waals surface area (Å²) in [6.07, 6.45) is 0. The van der Waals surface area contributed by atoms with Crippen LogP contribution in [0.5, 0.6) is 0 Å². The molecule has 0 aliphatic rings. The number of benzene rings is 2. The van der Waals surface area contributed by atoms with E-state index in [1.807, 2.05) is 31.2 Å². The lowest BCUT2D eigenvalue weighted by molar-refractivity contribution is -0.142. The Hall–Kier alpha value is -2.09. The maximum atomic E-state index is 10.5. The van der Waals surface area contributed by atoms with Crippen LogP contribution in [0.25, 0.3) is 0 Å². The second-order valence-corrected chi connectivity index (χ2v) is 4.79. The first-order valence-electron chi connectivity index (χ1n) is 6.71. The highest BCUT2D eigenvalue weighted by Crippen LogP contribution is 2.07. The third-order valence-electron chi connectivity index (χ3n) is 3.12. The van der Waals surface area contributed by atoms with Gasteiger partial charge in [0.2, 0.25) is 0 Å². The van der Waals surface area contributed by atoms with E-state index in [0.717, 1.165) is 11.1 Å². The number of aryl methyl sites for hydroxylation is 3. The number of esters is 1. The van der Waals surface area contributed by atoms with Crippen molar-refractivity contribution >= 4 is 5.97 Å². The summed E-state index contributed by atoms with van der Waals surface area (Å²) in [6.45, 7) is 8.03. The van der Waals surface area contributed by atoms with Crippen molar-refractivity contribution in [2.45, 2.75) is 34.3 Å². The van der Waals surface area contributed by atoms with Crippen molar-refractivity contribution in [1.29, 1.82) is 0 Å². The van der Waals surface area contributed by atoms with E-state index in [9.17, 15) is 4.79 Å². The van der Waals surface area contributed by atoms with Gasteiger partial charge in [-0.15, -0.1) is 0 Å². The Morgan fingerprint density at radius 2 is 1.30 bits per heavy atom. The molecule has 0 atom stereocenters. The van der Waals surface area contributed by atoms with Gasteiger partial charge in [0.1, 0.15) is 6.61 Å². The Balaban J connectivity index is 0.000000217. The van der Waals surface area contributed by atoms with E-state index in [0.29, 0.717) is 6.61 Å². The highest BCUT2D eigenvalue weighted by atomic mass is 16.5. The molecule has 2 nitrogen and oxygen atoms in total. The first-order valence-corrected chi connectivity index (χ1v) is 6.71. The fourth-order valence-corrected chi connectivity index (χ4v) is 1.61. The predicted molar refractivity (Wildman–Crippen MR) is 82.6 cm³/mol. The fourth-order valence-electron chi connectivity index (χ4n) is 1.61. The third kappa shape index (κ3) is 5.70. The van der Waals surface area contributed by atoms with Crippen molar-refractivity contribution in [3.8, 4) is 0 Å². The molecule has 20 heavy (non-hydrogen) atoms. The Kier molecular flexibility index (Phi) is 6.51. The van der Waals surface area contributed by atoms with Crippen molar-refractivity contribution in [2.24, 2.45) is 0 Å². The van der Waals surface area contributed by atoms with Gasteiger partial charge in [-0.1, -0.05) is 48.5 Å². The summed E-state index contributed by atoms with van der Waals surface area (Å²) < 4.78 is 4.87. The second-order valence-electron chi connectivity index (χ2n) is 4.79. The van der Waals surface area contributed by atoms with E-state index in [-0.39, 0.29) is 5.97 Å². The van der Waals surface area contributed by atoms with E-state index in [2.05, 4.69) is 38.1 Å². The van der Waals surface area contributed by atoms with E-state index < -0.39 is 0 Å². The van der Waals surface area contributed by atoms with Crippen LogP contribution in [-0.4, -0.2) is 5.97 Å². The van der Waals surface area contributed by atoms with Crippen molar-refractivity contribution in [3.63, 3.8) is 0 Å². The Morgan fingerprint density at radius 1 is 0.850 bits per heavy atom. The van der Waals surface area contributed by atoms with E-state index in [1.165, 1.54) is 18.1 Å². The molecule has 0 heterocycles. The molecule has 0 spiro atoms. The highest BCUT2D eigenvalue weighted by Gasteiger charge is 1.98. The number of carbonyl (C=O) groups is 1. The quantitative estimate of drug-likeness (QED) is 0.758. The molecule has 0 saturated heterocycles. The summed E-state index contributed by atoms with van der Waals surface area (Å²) in [7, 11) is 0. The zero-order valence-corrected chi connectivity index (χ0v) is 12.6. The topological polar surface area (TPSA) is 26.3 Å². The van der Waals surface area contributed by atoms with E-state index in [4.69, 9.17) is 4.74 Å². The Morgan fingerprint density at radius 3 is 1.70 bits per heavy atom. The van der Waals surface area contributed by atoms with Gasteiger partial charge in [-0.3, -0.25) is 4.79 Å². The van der Waals surface area contributed by atoms with Crippen LogP contribution in [0, 0.1) is 20.8 Å². The fraction of sp³-hybridized carbons (Fsp3) is 0.278. The normalized spacial score (nSPS) is 9.40. The molecular weight excluding hydrogens is 248 g/mol. The largest absolute Gasteiger partial charge is 0.461 e. The molecule has 0 unspecified atom stereocenters. The lowest BCUT2D eigenvalue weighted by atomic mass is 10.1. The summed E-state index contributed by atoms with van der Waals surface area (Å²) in [5, 5.41) is 0. The number of rotatable bonds is 2. The molecule has 0 aromatic heterocycles. The lowest BCUT2D eigenvalue weighted by Gasteiger charge is -2.04. The number of ether oxygens (including phenoxy) is 1. The first kappa shape index (κ1) is 16.0. The molecule has 0 aliphatic heterocycles. The van der Waals surface area contributed by atoms with Gasteiger partial charge < -0.3 is 4.74 Å². The van der Waals surface area contributed by atoms with Gasteiger partial charge in [0, 0.05) is 6.92 Å². The molecule has 0 N–H and O–H groups in total. The van der Waals surface area contributed by atoms with Crippen LogP contribution in [-0.2, 0) is 16.1 Å². The molecule has 0 bridgehead atoms. The molecule has 2 rings (SSSR count). The van der Waals surface area contributed by atoms with Crippen LogP contribution < -0.4 is 0 Å². The highest BCUT2D eigenvalue weighted by molar-refractivity contribution is 5.65. The van der Waals surface area contributed by atoms with Crippen molar-refractivity contribution in [2.75, 3.05) is 0 Å². The second kappa shape index (κ2) is 8.16. The van der Waals surface area contributed by atoms with Gasteiger partial charge in [0.15, 0.2) is 0 Å². The van der Waals surface area contributed by atoms with Gasteiger partial charge in [-0.2, -0.15) is 0 Å². The van der Waals surface area contributed by atoms with Crippen LogP contribution in [0.1, 0.15) is 29.2 Å². The van der Waals surface area contributed by atoms with Crippen molar-refractivity contribution in [1.82, 2.24) is 0 Å². The number of carbonyl (C=O) groups excluding carboxylic acids is 1. The summed E-state index contributed by atoms with van der Waals surface area (Å²) in [6, 6.07) is 16.2. The lowest BCUT2D eigenvalue weighted by Crippen LogP contribution is -1.99. The summed E-state index contributed by atoms with van der Waals surface area (Å²) in [5.41, 5.74) is 4.95. The minimum absolute atomic E-state index is 0.238. The van der Waals surface area contributed by atoms with Gasteiger partial charge in [-0.25, -0.2) is 0 Å². The van der Waals surface area contributed by atoms with Crippen molar-refractivity contribution in [3.05, 3.63) is 70.8 Å². The minimum Gasteiger partial charge on any atom is -0.461 e. The summed E-state index contributed by atoms with van der Waals surface area (Å²) in [5.74, 6) is -0.238. The number of hydrogen-bond acceptors (Lipinski definition) is 2. The molecule has 2 heteroatoms. The van der Waals surface area contributed by atoms with Crippen molar-refractivity contribution < 1.29 is 9.53 Å². The van der Waals surface area contributed by atoms with Crippen LogP contribution in [0.3, 0.4) is 0 Å². The summed E-state index contributed by atoms with van der Waals surface area (Å²) >= 11 is 0. The first-order chi connectivity index (χ1) is 9.50. The van der Waals surface area contributed by atoms with E-state index in [1.54, 1.807) is 0 Å². The minimum atomic E-state index is -0.238.